The fourth-order valence-corrected chi connectivity index (χ4v) is 4.98. The molecule has 0 aliphatic rings. The molecule has 0 radical (unpaired) electrons. The van der Waals surface area contributed by atoms with Gasteiger partial charge in [-0.25, -0.2) is 17.2 Å². The Morgan fingerprint density at radius 1 is 0.968 bits per heavy atom. The molecular weight excluding hydrogens is 465 g/mol. The molecule has 31 heavy (non-hydrogen) atoms. The monoisotopic (exact) mass is 484 g/mol. The molecule has 0 atom stereocenters. The molecule has 9 heteroatoms. The Labute approximate surface area is 190 Å². The second-order valence-electron chi connectivity index (χ2n) is 6.85. The van der Waals surface area contributed by atoms with Crippen LogP contribution in [0.3, 0.4) is 0 Å². The minimum absolute atomic E-state index is 0.0575. The molecule has 0 aliphatic heterocycles. The second kappa shape index (κ2) is 10.5. The van der Waals surface area contributed by atoms with Crippen molar-refractivity contribution >= 4 is 33.2 Å². The Hall–Kier alpha value is -2.06. The fourth-order valence-electron chi connectivity index (χ4n) is 3.19. The van der Waals surface area contributed by atoms with Crippen molar-refractivity contribution in [3.8, 4) is 0 Å². The van der Waals surface area contributed by atoms with E-state index in [0.717, 1.165) is 27.6 Å². The normalized spacial score (nSPS) is 11.9. The molecule has 0 saturated carbocycles. The van der Waals surface area contributed by atoms with Crippen molar-refractivity contribution in [1.82, 2.24) is 9.29 Å². The number of sulfonamides is 1. The molecule has 2 aromatic carbocycles. The lowest BCUT2D eigenvalue weighted by atomic mass is 10.0. The maximum Gasteiger partial charge on any atom is 0.246 e. The molecule has 164 valence electrons. The molecule has 1 aromatic heterocycles. The maximum absolute atomic E-state index is 14.3. The van der Waals surface area contributed by atoms with Gasteiger partial charge in [-0.2, -0.15) is 4.31 Å². The van der Waals surface area contributed by atoms with Crippen molar-refractivity contribution in [3.63, 3.8) is 0 Å². The smallest absolute Gasteiger partial charge is 0.246 e. The molecule has 0 amide bonds. The molecule has 0 bridgehead atoms. The quantitative estimate of drug-likeness (QED) is 0.395. The average molecular weight is 485 g/mol. The maximum atomic E-state index is 14.3. The van der Waals surface area contributed by atoms with E-state index in [-0.39, 0.29) is 13.1 Å². The average Bonchev–Trinajstić information content (AvgIpc) is 2.72. The number of aromatic nitrogens is 1. The van der Waals surface area contributed by atoms with Crippen molar-refractivity contribution in [2.75, 3.05) is 6.54 Å². The van der Waals surface area contributed by atoms with E-state index in [2.05, 4.69) is 4.98 Å². The number of benzene rings is 2. The minimum atomic E-state index is -4.25. The highest BCUT2D eigenvalue weighted by Crippen LogP contribution is 2.23. The van der Waals surface area contributed by atoms with Crippen LogP contribution in [0.15, 0.2) is 71.8 Å². The van der Waals surface area contributed by atoms with E-state index in [9.17, 15) is 17.2 Å². The zero-order valence-electron chi connectivity index (χ0n) is 16.4. The minimum Gasteiger partial charge on any atom is -0.260 e. The Bertz CT molecular complexity index is 1130. The van der Waals surface area contributed by atoms with E-state index in [1.165, 1.54) is 0 Å². The zero-order chi connectivity index (χ0) is 22.4. The molecule has 0 fully saturated rings. The summed E-state index contributed by atoms with van der Waals surface area (Å²) in [5, 5.41) is 0. The third kappa shape index (κ3) is 6.23. The predicted octanol–water partition coefficient (Wildman–Crippen LogP) is 5.14. The first-order valence-electron chi connectivity index (χ1n) is 9.47. The van der Waals surface area contributed by atoms with Crippen LogP contribution < -0.4 is 0 Å². The highest BCUT2D eigenvalue weighted by molar-refractivity contribution is 7.89. The number of hydrogen-bond donors (Lipinski definition) is 0. The van der Waals surface area contributed by atoms with Crippen molar-refractivity contribution in [2.45, 2.75) is 29.1 Å². The summed E-state index contributed by atoms with van der Waals surface area (Å²) in [6.45, 7) is -0.00221. The summed E-state index contributed by atoms with van der Waals surface area (Å²) in [4.78, 5) is 3.00. The SMILES string of the molecule is O=S(=O)(c1ccc(F)cc1F)N(CCc1ccccc1CC(Cl)Cl)Cc1ccccn1. The van der Waals surface area contributed by atoms with Gasteiger partial charge in [-0.15, -0.1) is 23.2 Å². The largest absolute Gasteiger partial charge is 0.260 e. The summed E-state index contributed by atoms with van der Waals surface area (Å²) >= 11 is 11.8. The van der Waals surface area contributed by atoms with Crippen LogP contribution in [-0.2, 0) is 29.4 Å². The van der Waals surface area contributed by atoms with Gasteiger partial charge < -0.3 is 0 Å². The van der Waals surface area contributed by atoms with E-state index in [4.69, 9.17) is 23.2 Å². The summed E-state index contributed by atoms with van der Waals surface area (Å²) in [6, 6.07) is 15.0. The van der Waals surface area contributed by atoms with Gasteiger partial charge in [-0.3, -0.25) is 4.98 Å². The molecule has 4 nitrogen and oxygen atoms in total. The molecule has 3 rings (SSSR count). The first-order chi connectivity index (χ1) is 14.8. The van der Waals surface area contributed by atoms with Crippen LogP contribution in [-0.4, -0.2) is 29.1 Å². The molecular formula is C22H20Cl2F2N2O2S. The number of nitrogens with zero attached hydrogens (tertiary/aromatic N) is 2. The van der Waals surface area contributed by atoms with Crippen molar-refractivity contribution in [1.29, 1.82) is 0 Å². The standard InChI is InChI=1S/C22H20Cl2F2N2O2S/c23-22(24)13-17-6-2-1-5-16(17)10-12-28(15-19-7-3-4-11-27-19)31(29,30)21-9-8-18(25)14-20(21)26/h1-9,11,14,22H,10,12-13,15H2. The summed E-state index contributed by atoms with van der Waals surface area (Å²) < 4.78 is 55.3. The van der Waals surface area contributed by atoms with Crippen molar-refractivity contribution in [3.05, 3.63) is 95.3 Å². The summed E-state index contributed by atoms with van der Waals surface area (Å²) in [5.41, 5.74) is 2.29. The van der Waals surface area contributed by atoms with Crippen LogP contribution in [0, 0.1) is 11.6 Å². The van der Waals surface area contributed by atoms with Gasteiger partial charge in [0.15, 0.2) is 0 Å². The third-order valence-corrected chi connectivity index (χ3v) is 6.89. The zero-order valence-corrected chi connectivity index (χ0v) is 18.7. The first-order valence-corrected chi connectivity index (χ1v) is 11.8. The second-order valence-corrected chi connectivity index (χ2v) is 10.0. The van der Waals surface area contributed by atoms with Crippen LogP contribution in [0.5, 0.6) is 0 Å². The van der Waals surface area contributed by atoms with Gasteiger partial charge in [0.25, 0.3) is 0 Å². The summed E-state index contributed by atoms with van der Waals surface area (Å²) in [5.74, 6) is -1.99. The van der Waals surface area contributed by atoms with E-state index in [1.54, 1.807) is 24.4 Å². The van der Waals surface area contributed by atoms with Crippen LogP contribution in [0.25, 0.3) is 0 Å². The van der Waals surface area contributed by atoms with Gasteiger partial charge in [0.05, 0.1) is 12.2 Å². The molecule has 0 unspecified atom stereocenters. The van der Waals surface area contributed by atoms with E-state index >= 15 is 0 Å². The lowest BCUT2D eigenvalue weighted by molar-refractivity contribution is 0.401. The summed E-state index contributed by atoms with van der Waals surface area (Å²) in [7, 11) is -4.25. The Morgan fingerprint density at radius 3 is 2.32 bits per heavy atom. The number of alkyl halides is 2. The Balaban J connectivity index is 1.92. The van der Waals surface area contributed by atoms with Crippen molar-refractivity contribution < 1.29 is 17.2 Å². The predicted molar refractivity (Wildman–Crippen MR) is 118 cm³/mol. The first kappa shape index (κ1) is 23.6. The lowest BCUT2D eigenvalue weighted by Crippen LogP contribution is -2.33. The van der Waals surface area contributed by atoms with Gasteiger partial charge >= 0.3 is 0 Å². The van der Waals surface area contributed by atoms with Gasteiger partial charge in [0.1, 0.15) is 21.4 Å². The number of hydrogen-bond acceptors (Lipinski definition) is 3. The Kier molecular flexibility index (Phi) is 8.00. The highest BCUT2D eigenvalue weighted by atomic mass is 35.5. The number of halogens is 4. The van der Waals surface area contributed by atoms with Gasteiger partial charge in [0, 0.05) is 25.2 Å². The van der Waals surface area contributed by atoms with E-state index in [0.29, 0.717) is 24.6 Å². The molecule has 1 heterocycles. The van der Waals surface area contributed by atoms with E-state index < -0.39 is 31.4 Å². The fraction of sp³-hybridized carbons (Fsp3) is 0.227. The lowest BCUT2D eigenvalue weighted by Gasteiger charge is -2.23. The Morgan fingerprint density at radius 2 is 1.68 bits per heavy atom. The van der Waals surface area contributed by atoms with Crippen LogP contribution in [0.4, 0.5) is 8.78 Å². The topological polar surface area (TPSA) is 50.3 Å². The molecule has 0 spiro atoms. The molecule has 3 aromatic rings. The molecule has 0 aliphatic carbocycles. The van der Waals surface area contributed by atoms with E-state index in [1.807, 2.05) is 24.3 Å². The number of rotatable bonds is 9. The van der Waals surface area contributed by atoms with Crippen LogP contribution in [0.1, 0.15) is 16.8 Å². The van der Waals surface area contributed by atoms with Crippen LogP contribution >= 0.6 is 23.2 Å². The highest BCUT2D eigenvalue weighted by Gasteiger charge is 2.28. The molecule has 0 N–H and O–H groups in total. The number of pyridine rings is 1. The van der Waals surface area contributed by atoms with Crippen molar-refractivity contribution in [2.24, 2.45) is 0 Å². The van der Waals surface area contributed by atoms with Crippen LogP contribution in [0.2, 0.25) is 0 Å². The van der Waals surface area contributed by atoms with Gasteiger partial charge in [-0.1, -0.05) is 30.3 Å². The molecule has 0 saturated heterocycles. The van der Waals surface area contributed by atoms with Gasteiger partial charge in [-0.05, 0) is 41.8 Å². The summed E-state index contributed by atoms with van der Waals surface area (Å²) in [6.07, 6.45) is 2.32. The van der Waals surface area contributed by atoms with Gasteiger partial charge in [0.2, 0.25) is 10.0 Å². The third-order valence-electron chi connectivity index (χ3n) is 4.70.